The number of aliphatic hydroxyl groups excluding tert-OH is 1. The Labute approximate surface area is 140 Å². The van der Waals surface area contributed by atoms with Gasteiger partial charge in [0, 0.05) is 28.5 Å². The number of hydrogen-bond acceptors (Lipinski definition) is 2. The fourth-order valence-electron chi connectivity index (χ4n) is 2.48. The first-order valence-corrected chi connectivity index (χ1v) is 7.33. The van der Waals surface area contributed by atoms with Crippen LogP contribution in [0.15, 0.2) is 48.7 Å². The van der Waals surface area contributed by atoms with Crippen molar-refractivity contribution in [3.63, 3.8) is 0 Å². The van der Waals surface area contributed by atoms with Gasteiger partial charge in [0.05, 0.1) is 12.2 Å². The van der Waals surface area contributed by atoms with Crippen LogP contribution < -0.4 is 10.6 Å². The Balaban J connectivity index is 1.72. The Kier molecular flexibility index (Phi) is 4.37. The zero-order chi connectivity index (χ0) is 18.0. The predicted octanol–water partition coefficient (Wildman–Crippen LogP) is 4.32. The van der Waals surface area contributed by atoms with Crippen molar-refractivity contribution in [3.8, 4) is 0 Å². The van der Waals surface area contributed by atoms with E-state index in [1.807, 2.05) is 6.07 Å². The molecule has 25 heavy (non-hydrogen) atoms. The summed E-state index contributed by atoms with van der Waals surface area (Å²) in [6.45, 7) is -0.190. The SMILES string of the molecule is O=C(Nc1ccc(C(F)(F)F)cc1)Nc1cc(CO)c2cc[nH]c2c1. The summed E-state index contributed by atoms with van der Waals surface area (Å²) in [5.74, 6) is 0. The monoisotopic (exact) mass is 349 g/mol. The minimum Gasteiger partial charge on any atom is -0.392 e. The van der Waals surface area contributed by atoms with E-state index in [1.54, 1.807) is 18.3 Å². The maximum atomic E-state index is 12.5. The maximum absolute atomic E-state index is 12.5. The van der Waals surface area contributed by atoms with Gasteiger partial charge in [0.15, 0.2) is 0 Å². The summed E-state index contributed by atoms with van der Waals surface area (Å²) < 4.78 is 37.6. The van der Waals surface area contributed by atoms with E-state index in [0.29, 0.717) is 11.3 Å². The van der Waals surface area contributed by atoms with Crippen LogP contribution in [-0.4, -0.2) is 16.1 Å². The van der Waals surface area contributed by atoms with Crippen LogP contribution in [0.4, 0.5) is 29.3 Å². The maximum Gasteiger partial charge on any atom is 0.416 e. The van der Waals surface area contributed by atoms with Gasteiger partial charge in [0.25, 0.3) is 0 Å². The van der Waals surface area contributed by atoms with Crippen LogP contribution in [0, 0.1) is 0 Å². The quantitative estimate of drug-likeness (QED) is 0.568. The highest BCUT2D eigenvalue weighted by Crippen LogP contribution is 2.30. The van der Waals surface area contributed by atoms with Gasteiger partial charge in [-0.2, -0.15) is 13.2 Å². The van der Waals surface area contributed by atoms with Crippen molar-refractivity contribution in [2.75, 3.05) is 10.6 Å². The number of hydrogen-bond donors (Lipinski definition) is 4. The highest BCUT2D eigenvalue weighted by Gasteiger charge is 2.29. The Morgan fingerprint density at radius 1 is 1.04 bits per heavy atom. The van der Waals surface area contributed by atoms with Crippen molar-refractivity contribution in [1.82, 2.24) is 4.98 Å². The molecule has 0 aliphatic heterocycles. The fraction of sp³-hybridized carbons (Fsp3) is 0.118. The van der Waals surface area contributed by atoms with Crippen LogP contribution in [0.25, 0.3) is 10.9 Å². The van der Waals surface area contributed by atoms with Crippen LogP contribution in [-0.2, 0) is 12.8 Å². The number of amides is 2. The van der Waals surface area contributed by atoms with E-state index in [-0.39, 0.29) is 12.3 Å². The number of urea groups is 1. The fourth-order valence-corrected chi connectivity index (χ4v) is 2.48. The lowest BCUT2D eigenvalue weighted by Gasteiger charge is -2.11. The van der Waals surface area contributed by atoms with Crippen molar-refractivity contribution in [3.05, 3.63) is 59.8 Å². The summed E-state index contributed by atoms with van der Waals surface area (Å²) in [5.41, 5.74) is 1.28. The molecule has 0 bridgehead atoms. The molecule has 1 heterocycles. The van der Waals surface area contributed by atoms with Crippen LogP contribution in [0.2, 0.25) is 0 Å². The molecule has 130 valence electrons. The molecule has 8 heteroatoms. The van der Waals surface area contributed by atoms with Crippen molar-refractivity contribution in [2.45, 2.75) is 12.8 Å². The lowest BCUT2D eigenvalue weighted by Crippen LogP contribution is -2.19. The molecule has 0 saturated carbocycles. The Hall–Kier alpha value is -3.00. The van der Waals surface area contributed by atoms with Crippen LogP contribution in [0.5, 0.6) is 0 Å². The number of H-pyrrole nitrogens is 1. The number of aromatic nitrogens is 1. The topological polar surface area (TPSA) is 77.2 Å². The number of carbonyl (C=O) groups excluding carboxylic acids is 1. The van der Waals surface area contributed by atoms with Gasteiger partial charge in [0.1, 0.15) is 0 Å². The molecule has 4 N–H and O–H groups in total. The van der Waals surface area contributed by atoms with Crippen molar-refractivity contribution < 1.29 is 23.1 Å². The van der Waals surface area contributed by atoms with Gasteiger partial charge in [-0.15, -0.1) is 0 Å². The summed E-state index contributed by atoms with van der Waals surface area (Å²) in [6, 6.07) is 8.67. The predicted molar refractivity (Wildman–Crippen MR) is 88.3 cm³/mol. The summed E-state index contributed by atoms with van der Waals surface area (Å²) in [5, 5.41) is 15.3. The largest absolute Gasteiger partial charge is 0.416 e. The molecule has 1 aromatic heterocycles. The van der Waals surface area contributed by atoms with Gasteiger partial charge in [-0.1, -0.05) is 0 Å². The zero-order valence-electron chi connectivity index (χ0n) is 12.8. The third-order valence-electron chi connectivity index (χ3n) is 3.65. The third kappa shape index (κ3) is 3.74. The summed E-state index contributed by atoms with van der Waals surface area (Å²) in [7, 11) is 0. The van der Waals surface area contributed by atoms with Gasteiger partial charge in [-0.25, -0.2) is 4.79 Å². The molecule has 0 saturated heterocycles. The number of halogens is 3. The molecule has 2 amide bonds. The number of benzene rings is 2. The van der Waals surface area contributed by atoms with Gasteiger partial charge >= 0.3 is 12.2 Å². The molecule has 3 rings (SSSR count). The molecule has 0 fully saturated rings. The minimum absolute atomic E-state index is 0.190. The summed E-state index contributed by atoms with van der Waals surface area (Å²) in [6.07, 6.45) is -2.71. The molecule has 0 aliphatic carbocycles. The second-order valence-electron chi connectivity index (χ2n) is 5.39. The molecular weight excluding hydrogens is 335 g/mol. The standard InChI is InChI=1S/C17H14F3N3O2/c18-17(19,20)11-1-3-12(4-2-11)22-16(25)23-13-7-10(9-24)14-5-6-21-15(14)8-13/h1-8,21,24H,9H2,(H2,22,23,25). The Morgan fingerprint density at radius 2 is 1.72 bits per heavy atom. The van der Waals surface area contributed by atoms with Crippen LogP contribution in [0.3, 0.4) is 0 Å². The molecule has 0 radical (unpaired) electrons. The lowest BCUT2D eigenvalue weighted by atomic mass is 10.1. The van der Waals surface area contributed by atoms with Gasteiger partial charge in [-0.05, 0) is 48.0 Å². The average Bonchev–Trinajstić information content (AvgIpc) is 3.02. The number of alkyl halides is 3. The first kappa shape index (κ1) is 16.8. The zero-order valence-corrected chi connectivity index (χ0v) is 12.8. The summed E-state index contributed by atoms with van der Waals surface area (Å²) >= 11 is 0. The number of anilines is 2. The number of rotatable bonds is 3. The van der Waals surface area contributed by atoms with E-state index in [1.165, 1.54) is 12.1 Å². The normalized spacial score (nSPS) is 11.5. The number of aromatic amines is 1. The number of nitrogens with one attached hydrogen (secondary N) is 3. The molecule has 0 unspecified atom stereocenters. The molecule has 0 spiro atoms. The van der Waals surface area contributed by atoms with Gasteiger partial charge < -0.3 is 20.7 Å². The molecule has 2 aromatic carbocycles. The second kappa shape index (κ2) is 6.48. The van der Waals surface area contributed by atoms with Crippen LogP contribution in [0.1, 0.15) is 11.1 Å². The van der Waals surface area contributed by atoms with E-state index in [9.17, 15) is 23.1 Å². The van der Waals surface area contributed by atoms with E-state index >= 15 is 0 Å². The first-order valence-electron chi connectivity index (χ1n) is 7.33. The van der Waals surface area contributed by atoms with E-state index in [0.717, 1.165) is 23.0 Å². The molecule has 5 nitrogen and oxygen atoms in total. The van der Waals surface area contributed by atoms with E-state index in [4.69, 9.17) is 0 Å². The highest BCUT2D eigenvalue weighted by atomic mass is 19.4. The number of carbonyl (C=O) groups is 1. The van der Waals surface area contributed by atoms with E-state index < -0.39 is 17.8 Å². The molecule has 3 aromatic rings. The van der Waals surface area contributed by atoms with Crippen molar-refractivity contribution in [2.24, 2.45) is 0 Å². The Bertz CT molecular complexity index is 902. The van der Waals surface area contributed by atoms with E-state index in [2.05, 4.69) is 15.6 Å². The molecule has 0 aliphatic rings. The Morgan fingerprint density at radius 3 is 2.36 bits per heavy atom. The van der Waals surface area contributed by atoms with Gasteiger partial charge in [-0.3, -0.25) is 0 Å². The van der Waals surface area contributed by atoms with Crippen LogP contribution >= 0.6 is 0 Å². The molecule has 0 atom stereocenters. The minimum atomic E-state index is -4.42. The molecular formula is C17H14F3N3O2. The summed E-state index contributed by atoms with van der Waals surface area (Å²) in [4.78, 5) is 15.0. The highest BCUT2D eigenvalue weighted by molar-refractivity contribution is 6.01. The number of aliphatic hydroxyl groups is 1. The second-order valence-corrected chi connectivity index (χ2v) is 5.39. The van der Waals surface area contributed by atoms with Crippen molar-refractivity contribution >= 4 is 28.3 Å². The van der Waals surface area contributed by atoms with Gasteiger partial charge in [0.2, 0.25) is 0 Å². The first-order chi connectivity index (χ1) is 11.9. The third-order valence-corrected chi connectivity index (χ3v) is 3.65. The smallest absolute Gasteiger partial charge is 0.392 e. The van der Waals surface area contributed by atoms with Crippen molar-refractivity contribution in [1.29, 1.82) is 0 Å². The lowest BCUT2D eigenvalue weighted by molar-refractivity contribution is -0.137. The average molecular weight is 349 g/mol. The number of fused-ring (bicyclic) bond motifs is 1.